The molecule has 1 aromatic carbocycles. The maximum atomic E-state index is 13.0. The summed E-state index contributed by atoms with van der Waals surface area (Å²) in [6, 6.07) is 10.7. The monoisotopic (exact) mass is 358 g/mol. The Morgan fingerprint density at radius 3 is 2.88 bits per heavy atom. The maximum absolute atomic E-state index is 13.0. The first-order chi connectivity index (χ1) is 12.1. The van der Waals surface area contributed by atoms with Gasteiger partial charge in [0.1, 0.15) is 0 Å². The van der Waals surface area contributed by atoms with Crippen LogP contribution in [-0.4, -0.2) is 29.3 Å². The van der Waals surface area contributed by atoms with E-state index in [4.69, 9.17) is 16.0 Å². The van der Waals surface area contributed by atoms with Crippen molar-refractivity contribution in [3.63, 3.8) is 0 Å². The number of halogens is 1. The van der Waals surface area contributed by atoms with E-state index in [1.165, 1.54) is 0 Å². The highest BCUT2D eigenvalue weighted by molar-refractivity contribution is 6.29. The van der Waals surface area contributed by atoms with Gasteiger partial charge in [0.25, 0.3) is 5.91 Å². The summed E-state index contributed by atoms with van der Waals surface area (Å²) in [7, 11) is 0. The van der Waals surface area contributed by atoms with Crippen molar-refractivity contribution < 1.29 is 14.0 Å². The standard InChI is InChI=1S/C19H19ClN2O3/c1-2-5-15-19(12-6-3-4-7-13(12)21-18(19)24)10-11-22(15)17(23)14-8-9-16(20)25-14/h3-4,6-9,15H,2,5,10-11H2,1H3,(H,21,24)/t15-,19-/m0/s1. The van der Waals surface area contributed by atoms with Crippen LogP contribution in [-0.2, 0) is 10.2 Å². The van der Waals surface area contributed by atoms with Crippen molar-refractivity contribution in [2.45, 2.75) is 37.6 Å². The fourth-order valence-electron chi connectivity index (χ4n) is 4.29. The summed E-state index contributed by atoms with van der Waals surface area (Å²) in [5, 5.41) is 3.19. The second-order valence-corrected chi connectivity index (χ2v) is 7.00. The van der Waals surface area contributed by atoms with Crippen LogP contribution in [0.1, 0.15) is 42.3 Å². The van der Waals surface area contributed by atoms with Gasteiger partial charge in [0.2, 0.25) is 5.91 Å². The van der Waals surface area contributed by atoms with Crippen molar-refractivity contribution in [3.05, 3.63) is 52.9 Å². The minimum Gasteiger partial charge on any atom is -0.440 e. The highest BCUT2D eigenvalue weighted by atomic mass is 35.5. The average molecular weight is 359 g/mol. The highest BCUT2D eigenvalue weighted by Gasteiger charge is 2.58. The molecule has 0 radical (unpaired) electrons. The molecule has 4 rings (SSSR count). The molecule has 1 aromatic heterocycles. The summed E-state index contributed by atoms with van der Waals surface area (Å²) >= 11 is 5.82. The van der Waals surface area contributed by atoms with Crippen molar-refractivity contribution in [2.75, 3.05) is 11.9 Å². The third-order valence-electron chi connectivity index (χ3n) is 5.36. The van der Waals surface area contributed by atoms with Crippen molar-refractivity contribution in [1.82, 2.24) is 4.90 Å². The number of hydrogen-bond acceptors (Lipinski definition) is 3. The minimum absolute atomic E-state index is 0.0140. The number of amides is 2. The van der Waals surface area contributed by atoms with E-state index in [9.17, 15) is 9.59 Å². The summed E-state index contributed by atoms with van der Waals surface area (Å²) in [6.07, 6.45) is 2.24. The Labute approximate surface area is 150 Å². The molecule has 1 saturated heterocycles. The lowest BCUT2D eigenvalue weighted by molar-refractivity contribution is -0.121. The lowest BCUT2D eigenvalue weighted by atomic mass is 9.73. The number of carbonyl (C=O) groups is 2. The Hall–Kier alpha value is -2.27. The molecule has 0 bridgehead atoms. The first-order valence-electron chi connectivity index (χ1n) is 8.55. The molecule has 2 amide bonds. The fourth-order valence-corrected chi connectivity index (χ4v) is 4.44. The molecule has 2 aliphatic rings. The highest BCUT2D eigenvalue weighted by Crippen LogP contribution is 2.49. The van der Waals surface area contributed by atoms with Crippen LogP contribution < -0.4 is 5.32 Å². The number of carbonyl (C=O) groups excluding carboxylic acids is 2. The number of nitrogens with one attached hydrogen (secondary N) is 1. The largest absolute Gasteiger partial charge is 0.440 e. The molecule has 1 fully saturated rings. The van der Waals surface area contributed by atoms with Crippen molar-refractivity contribution in [3.8, 4) is 0 Å². The number of fused-ring (bicyclic) bond motifs is 2. The van der Waals surface area contributed by atoms with Gasteiger partial charge in [-0.05, 0) is 48.2 Å². The topological polar surface area (TPSA) is 62.6 Å². The zero-order chi connectivity index (χ0) is 17.6. The molecular weight excluding hydrogens is 340 g/mol. The number of para-hydroxylation sites is 1. The van der Waals surface area contributed by atoms with Crippen LogP contribution in [0.3, 0.4) is 0 Å². The first-order valence-corrected chi connectivity index (χ1v) is 8.93. The molecule has 25 heavy (non-hydrogen) atoms. The maximum Gasteiger partial charge on any atom is 0.289 e. The van der Waals surface area contributed by atoms with E-state index in [-0.39, 0.29) is 28.8 Å². The molecule has 1 N–H and O–H groups in total. The van der Waals surface area contributed by atoms with E-state index >= 15 is 0 Å². The van der Waals surface area contributed by atoms with Gasteiger partial charge >= 0.3 is 0 Å². The molecule has 0 saturated carbocycles. The van der Waals surface area contributed by atoms with Crippen LogP contribution in [0.25, 0.3) is 0 Å². The molecule has 0 unspecified atom stereocenters. The van der Waals surface area contributed by atoms with E-state index < -0.39 is 5.41 Å². The molecule has 0 aliphatic carbocycles. The van der Waals surface area contributed by atoms with E-state index in [1.54, 1.807) is 17.0 Å². The van der Waals surface area contributed by atoms with Crippen LogP contribution in [0.15, 0.2) is 40.8 Å². The summed E-state index contributed by atoms with van der Waals surface area (Å²) in [5.41, 5.74) is 1.16. The van der Waals surface area contributed by atoms with Crippen LogP contribution in [0.5, 0.6) is 0 Å². The predicted octanol–water partition coefficient (Wildman–Crippen LogP) is 3.84. The molecule has 6 heteroatoms. The smallest absolute Gasteiger partial charge is 0.289 e. The number of anilines is 1. The quantitative estimate of drug-likeness (QED) is 0.906. The van der Waals surface area contributed by atoms with Gasteiger partial charge in [-0.1, -0.05) is 31.5 Å². The van der Waals surface area contributed by atoms with Crippen molar-refractivity contribution in [2.24, 2.45) is 0 Å². The third-order valence-corrected chi connectivity index (χ3v) is 5.56. The molecule has 3 heterocycles. The third kappa shape index (κ3) is 2.29. The zero-order valence-electron chi connectivity index (χ0n) is 13.9. The molecule has 2 aromatic rings. The minimum atomic E-state index is -0.682. The second-order valence-electron chi connectivity index (χ2n) is 6.63. The predicted molar refractivity (Wildman–Crippen MR) is 94.8 cm³/mol. The van der Waals surface area contributed by atoms with Crippen LogP contribution in [0.4, 0.5) is 5.69 Å². The van der Waals surface area contributed by atoms with Crippen LogP contribution in [0.2, 0.25) is 5.22 Å². The first kappa shape index (κ1) is 16.2. The van der Waals surface area contributed by atoms with Gasteiger partial charge in [0.15, 0.2) is 11.0 Å². The van der Waals surface area contributed by atoms with Gasteiger partial charge in [0.05, 0.1) is 11.5 Å². The van der Waals surface area contributed by atoms with E-state index in [2.05, 4.69) is 12.2 Å². The Kier molecular flexibility index (Phi) is 3.84. The summed E-state index contributed by atoms with van der Waals surface area (Å²) < 4.78 is 5.31. The van der Waals surface area contributed by atoms with Gasteiger partial charge in [0, 0.05) is 12.2 Å². The lowest BCUT2D eigenvalue weighted by Crippen LogP contribution is -2.48. The average Bonchev–Trinajstić information content (AvgIpc) is 3.27. The number of benzene rings is 1. The Morgan fingerprint density at radius 1 is 1.36 bits per heavy atom. The molecule has 5 nitrogen and oxygen atoms in total. The van der Waals surface area contributed by atoms with Gasteiger partial charge < -0.3 is 14.6 Å². The SMILES string of the molecule is CCC[C@@H]1N(C(=O)c2ccc(Cl)o2)CC[C@@]12C(=O)Nc1ccccc12. The summed E-state index contributed by atoms with van der Waals surface area (Å²) in [4.78, 5) is 27.7. The van der Waals surface area contributed by atoms with Gasteiger partial charge in [-0.3, -0.25) is 9.59 Å². The number of furan rings is 1. The summed E-state index contributed by atoms with van der Waals surface area (Å²) in [6.45, 7) is 2.58. The normalized spacial score (nSPS) is 24.6. The van der Waals surface area contributed by atoms with E-state index in [1.807, 2.05) is 24.3 Å². The lowest BCUT2D eigenvalue weighted by Gasteiger charge is -2.33. The Morgan fingerprint density at radius 2 is 2.16 bits per heavy atom. The van der Waals surface area contributed by atoms with Gasteiger partial charge in [-0.2, -0.15) is 0 Å². The van der Waals surface area contributed by atoms with Crippen molar-refractivity contribution in [1.29, 1.82) is 0 Å². The fraction of sp³-hybridized carbons (Fsp3) is 0.368. The van der Waals surface area contributed by atoms with Crippen molar-refractivity contribution >= 4 is 29.1 Å². The second kappa shape index (κ2) is 5.92. The number of rotatable bonds is 3. The Balaban J connectivity index is 1.76. The number of likely N-dealkylation sites (tertiary alicyclic amines) is 1. The molecule has 1 spiro atoms. The van der Waals surface area contributed by atoms with E-state index in [0.29, 0.717) is 13.0 Å². The molecule has 2 aliphatic heterocycles. The van der Waals surface area contributed by atoms with Gasteiger partial charge in [-0.25, -0.2) is 0 Å². The summed E-state index contributed by atoms with van der Waals surface area (Å²) in [5.74, 6) is -0.00539. The zero-order valence-corrected chi connectivity index (χ0v) is 14.7. The molecule has 2 atom stereocenters. The molecule has 130 valence electrons. The Bertz CT molecular complexity index is 847. The number of nitrogens with zero attached hydrogens (tertiary/aromatic N) is 1. The van der Waals surface area contributed by atoms with Gasteiger partial charge in [-0.15, -0.1) is 0 Å². The number of hydrogen-bond donors (Lipinski definition) is 1. The van der Waals surface area contributed by atoms with Crippen LogP contribution >= 0.6 is 11.6 Å². The molecular formula is C19H19ClN2O3. The van der Waals surface area contributed by atoms with E-state index in [0.717, 1.165) is 24.1 Å². The van der Waals surface area contributed by atoms with Crippen LogP contribution in [0, 0.1) is 0 Å².